The summed E-state index contributed by atoms with van der Waals surface area (Å²) in [5, 5.41) is 0. The molecule has 0 amide bonds. The summed E-state index contributed by atoms with van der Waals surface area (Å²) >= 11 is 0. The van der Waals surface area contributed by atoms with Gasteiger partial charge in [0.25, 0.3) is 0 Å². The fourth-order valence-electron chi connectivity index (χ4n) is 1.91. The fraction of sp³-hybridized carbons (Fsp3) is 0.750. The van der Waals surface area contributed by atoms with Crippen molar-refractivity contribution in [1.29, 1.82) is 0 Å². The predicted molar refractivity (Wildman–Crippen MR) is 63.4 cm³/mol. The molecule has 1 aliphatic heterocycles. The van der Waals surface area contributed by atoms with Gasteiger partial charge in [0, 0.05) is 27.9 Å². The molecule has 1 saturated heterocycles. The van der Waals surface area contributed by atoms with Crippen LogP contribution in [0.3, 0.4) is 0 Å². The first-order valence-corrected chi connectivity index (χ1v) is 6.01. The van der Waals surface area contributed by atoms with Crippen molar-refractivity contribution in [3.63, 3.8) is 0 Å². The average molecular weight is 290 g/mol. The smallest absolute Gasteiger partial charge is 0.303 e. The number of ether oxygens (including phenoxy) is 5. The maximum Gasteiger partial charge on any atom is 0.303 e. The third-order valence-corrected chi connectivity index (χ3v) is 2.54. The number of esters is 3. The molecule has 1 aliphatic rings. The number of hydrogen-bond donors (Lipinski definition) is 0. The van der Waals surface area contributed by atoms with Crippen molar-refractivity contribution in [1.82, 2.24) is 0 Å². The van der Waals surface area contributed by atoms with E-state index in [1.807, 2.05) is 0 Å². The molecule has 0 aliphatic carbocycles. The highest BCUT2D eigenvalue weighted by Gasteiger charge is 2.47. The molecule has 1 rings (SSSR count). The SMILES string of the molecule is CO[C@H]1OC[C@@H](OC(C)=O)[C@@H](OC(C)=O)[C@H]1OC(C)=O. The van der Waals surface area contributed by atoms with Gasteiger partial charge in [0.1, 0.15) is 0 Å². The minimum Gasteiger partial charge on any atom is -0.456 e. The van der Waals surface area contributed by atoms with Gasteiger partial charge in [0.2, 0.25) is 0 Å². The van der Waals surface area contributed by atoms with Crippen LogP contribution in [0.2, 0.25) is 0 Å². The van der Waals surface area contributed by atoms with Crippen molar-refractivity contribution >= 4 is 17.9 Å². The first kappa shape index (κ1) is 16.4. The average Bonchev–Trinajstić information content (AvgIpc) is 2.31. The Labute approximate surface area is 116 Å². The zero-order valence-corrected chi connectivity index (χ0v) is 11.8. The number of methoxy groups -OCH3 is 1. The van der Waals surface area contributed by atoms with E-state index in [-0.39, 0.29) is 6.61 Å². The Bertz CT molecular complexity index is 380. The summed E-state index contributed by atoms with van der Waals surface area (Å²) in [6, 6.07) is 0. The Balaban J connectivity index is 2.95. The summed E-state index contributed by atoms with van der Waals surface area (Å²) in [5.74, 6) is -1.75. The molecule has 1 heterocycles. The van der Waals surface area contributed by atoms with Gasteiger partial charge >= 0.3 is 17.9 Å². The van der Waals surface area contributed by atoms with Gasteiger partial charge in [0.05, 0.1) is 6.61 Å². The molecule has 114 valence electrons. The van der Waals surface area contributed by atoms with Gasteiger partial charge in [-0.05, 0) is 0 Å². The third kappa shape index (κ3) is 4.46. The predicted octanol–water partition coefficient (Wildman–Crippen LogP) is -0.216. The van der Waals surface area contributed by atoms with Crippen LogP contribution >= 0.6 is 0 Å². The van der Waals surface area contributed by atoms with Crippen LogP contribution in [0.25, 0.3) is 0 Å². The van der Waals surface area contributed by atoms with Gasteiger partial charge in [-0.2, -0.15) is 0 Å². The second-order valence-corrected chi connectivity index (χ2v) is 4.23. The fourth-order valence-corrected chi connectivity index (χ4v) is 1.91. The molecule has 8 nitrogen and oxygen atoms in total. The van der Waals surface area contributed by atoms with Crippen molar-refractivity contribution in [2.24, 2.45) is 0 Å². The van der Waals surface area contributed by atoms with Crippen LogP contribution < -0.4 is 0 Å². The Kier molecular flexibility index (Phi) is 5.90. The van der Waals surface area contributed by atoms with Gasteiger partial charge in [-0.3, -0.25) is 14.4 Å². The molecule has 1 fully saturated rings. The number of rotatable bonds is 4. The molecule has 0 bridgehead atoms. The van der Waals surface area contributed by atoms with Crippen LogP contribution in [-0.2, 0) is 38.1 Å². The molecule has 0 radical (unpaired) electrons. The number of carbonyl (C=O) groups excluding carboxylic acids is 3. The Hall–Kier alpha value is -1.67. The van der Waals surface area contributed by atoms with E-state index < -0.39 is 42.5 Å². The molecule has 8 heteroatoms. The van der Waals surface area contributed by atoms with Crippen molar-refractivity contribution in [2.75, 3.05) is 13.7 Å². The standard InChI is InChI=1S/C12H18O8/c1-6(13)18-9-5-17-12(16-4)11(20-8(3)15)10(9)19-7(2)14/h9-12H,5H2,1-4H3/t9-,10-,11-,12+/m1/s1. The molecule has 0 spiro atoms. The maximum atomic E-state index is 11.2. The minimum absolute atomic E-state index is 0.0339. The summed E-state index contributed by atoms with van der Waals surface area (Å²) in [4.78, 5) is 33.4. The highest BCUT2D eigenvalue weighted by molar-refractivity contribution is 5.68. The first-order valence-electron chi connectivity index (χ1n) is 6.01. The van der Waals surface area contributed by atoms with Gasteiger partial charge in [-0.25, -0.2) is 0 Å². The molecule has 0 aromatic heterocycles. The van der Waals surface area contributed by atoms with E-state index in [4.69, 9.17) is 23.7 Å². The normalized spacial score (nSPS) is 29.4. The van der Waals surface area contributed by atoms with E-state index in [1.54, 1.807) is 0 Å². The van der Waals surface area contributed by atoms with E-state index in [0.29, 0.717) is 0 Å². The largest absolute Gasteiger partial charge is 0.456 e. The van der Waals surface area contributed by atoms with Gasteiger partial charge in [-0.15, -0.1) is 0 Å². The van der Waals surface area contributed by atoms with Gasteiger partial charge < -0.3 is 23.7 Å². The van der Waals surface area contributed by atoms with Crippen LogP contribution in [-0.4, -0.2) is 56.2 Å². The van der Waals surface area contributed by atoms with E-state index in [0.717, 1.165) is 0 Å². The number of hydrogen-bond acceptors (Lipinski definition) is 8. The molecule has 0 saturated carbocycles. The number of carbonyl (C=O) groups is 3. The molecule has 0 N–H and O–H groups in total. The summed E-state index contributed by atoms with van der Waals surface area (Å²) < 4.78 is 25.5. The topological polar surface area (TPSA) is 97.4 Å². The minimum atomic E-state index is -1.01. The zero-order valence-electron chi connectivity index (χ0n) is 11.8. The molecular formula is C12H18O8. The molecular weight excluding hydrogens is 272 g/mol. The Morgan fingerprint density at radius 3 is 1.85 bits per heavy atom. The quantitative estimate of drug-likeness (QED) is 0.518. The second-order valence-electron chi connectivity index (χ2n) is 4.23. The van der Waals surface area contributed by atoms with Crippen LogP contribution in [0.1, 0.15) is 20.8 Å². The molecule has 20 heavy (non-hydrogen) atoms. The third-order valence-electron chi connectivity index (χ3n) is 2.54. The molecule has 0 unspecified atom stereocenters. The van der Waals surface area contributed by atoms with Crippen LogP contribution in [0.4, 0.5) is 0 Å². The Morgan fingerprint density at radius 2 is 1.40 bits per heavy atom. The summed E-state index contributed by atoms with van der Waals surface area (Å²) in [5.41, 5.74) is 0. The Morgan fingerprint density at radius 1 is 0.900 bits per heavy atom. The van der Waals surface area contributed by atoms with Crippen molar-refractivity contribution < 1.29 is 38.1 Å². The van der Waals surface area contributed by atoms with E-state index in [2.05, 4.69) is 0 Å². The van der Waals surface area contributed by atoms with Crippen LogP contribution in [0, 0.1) is 0 Å². The monoisotopic (exact) mass is 290 g/mol. The summed E-state index contributed by atoms with van der Waals surface area (Å²) in [6.07, 6.45) is -3.78. The summed E-state index contributed by atoms with van der Waals surface area (Å²) in [6.45, 7) is 3.59. The van der Waals surface area contributed by atoms with Gasteiger partial charge in [-0.1, -0.05) is 0 Å². The van der Waals surface area contributed by atoms with Gasteiger partial charge in [0.15, 0.2) is 24.6 Å². The lowest BCUT2D eigenvalue weighted by molar-refractivity contribution is -0.274. The lowest BCUT2D eigenvalue weighted by atomic mass is 10.0. The van der Waals surface area contributed by atoms with Crippen LogP contribution in [0.15, 0.2) is 0 Å². The highest BCUT2D eigenvalue weighted by Crippen LogP contribution is 2.24. The van der Waals surface area contributed by atoms with Crippen molar-refractivity contribution in [3.05, 3.63) is 0 Å². The van der Waals surface area contributed by atoms with Crippen LogP contribution in [0.5, 0.6) is 0 Å². The lowest BCUT2D eigenvalue weighted by Crippen LogP contribution is -2.57. The van der Waals surface area contributed by atoms with Crippen molar-refractivity contribution in [2.45, 2.75) is 45.4 Å². The van der Waals surface area contributed by atoms with E-state index in [9.17, 15) is 14.4 Å². The lowest BCUT2D eigenvalue weighted by Gasteiger charge is -2.39. The molecule has 0 aromatic rings. The zero-order chi connectivity index (χ0) is 15.3. The first-order chi connectivity index (χ1) is 9.35. The van der Waals surface area contributed by atoms with E-state index >= 15 is 0 Å². The highest BCUT2D eigenvalue weighted by atomic mass is 16.7. The molecule has 4 atom stereocenters. The second kappa shape index (κ2) is 7.20. The maximum absolute atomic E-state index is 11.2. The molecule has 0 aromatic carbocycles. The van der Waals surface area contributed by atoms with E-state index in [1.165, 1.54) is 27.9 Å². The summed E-state index contributed by atoms with van der Waals surface area (Å²) in [7, 11) is 1.36. The van der Waals surface area contributed by atoms with Crippen molar-refractivity contribution in [3.8, 4) is 0 Å².